The van der Waals surface area contributed by atoms with Gasteiger partial charge in [-0.1, -0.05) is 6.07 Å². The Kier molecular flexibility index (Phi) is 2.70. The third-order valence-corrected chi connectivity index (χ3v) is 3.82. The van der Waals surface area contributed by atoms with Gasteiger partial charge in [-0.25, -0.2) is 9.97 Å². The fourth-order valence-electron chi connectivity index (χ4n) is 2.76. The molecule has 3 aromatic heterocycles. The highest BCUT2D eigenvalue weighted by Gasteiger charge is 2.20. The molecule has 0 radical (unpaired) electrons. The van der Waals surface area contributed by atoms with Crippen molar-refractivity contribution in [3.63, 3.8) is 0 Å². The van der Waals surface area contributed by atoms with E-state index >= 15 is 0 Å². The zero-order chi connectivity index (χ0) is 14.2. The standard InChI is InChI=1S/C16H14N4O/c21-11-6-9-20(10-11)15-3-1-2-14(19-15)12-4-7-17-16-13(12)5-8-18-16/h1-5,7-8H,6,9-10H2,(H,17,18). The Balaban J connectivity index is 1.79. The zero-order valence-corrected chi connectivity index (χ0v) is 11.4. The summed E-state index contributed by atoms with van der Waals surface area (Å²) in [6.07, 6.45) is 4.27. The molecule has 0 unspecified atom stereocenters. The van der Waals surface area contributed by atoms with E-state index in [1.165, 1.54) is 0 Å². The highest BCUT2D eigenvalue weighted by atomic mass is 16.1. The molecule has 104 valence electrons. The summed E-state index contributed by atoms with van der Waals surface area (Å²) in [7, 11) is 0. The number of anilines is 1. The Morgan fingerprint density at radius 3 is 3.00 bits per heavy atom. The quantitative estimate of drug-likeness (QED) is 0.782. The highest BCUT2D eigenvalue weighted by molar-refractivity contribution is 5.92. The van der Waals surface area contributed by atoms with Crippen LogP contribution in [0.3, 0.4) is 0 Å². The maximum atomic E-state index is 11.4. The molecule has 0 saturated carbocycles. The van der Waals surface area contributed by atoms with Crippen LogP contribution >= 0.6 is 0 Å². The van der Waals surface area contributed by atoms with Gasteiger partial charge >= 0.3 is 0 Å². The number of ketones is 1. The van der Waals surface area contributed by atoms with E-state index in [4.69, 9.17) is 4.98 Å². The fourth-order valence-corrected chi connectivity index (χ4v) is 2.76. The molecule has 0 atom stereocenters. The number of Topliss-reactive ketones (excluding diaryl/α,β-unsaturated/α-hetero) is 1. The van der Waals surface area contributed by atoms with Crippen LogP contribution in [0.1, 0.15) is 6.42 Å². The number of nitrogens with one attached hydrogen (secondary N) is 1. The molecule has 4 heterocycles. The smallest absolute Gasteiger partial charge is 0.153 e. The molecule has 0 spiro atoms. The van der Waals surface area contributed by atoms with Crippen LogP contribution in [0.15, 0.2) is 42.7 Å². The SMILES string of the molecule is O=C1CCN(c2cccc(-c3ccnc4[nH]ccc34)n2)C1. The van der Waals surface area contributed by atoms with Crippen LogP contribution in [0.25, 0.3) is 22.3 Å². The number of carbonyl (C=O) groups excluding carboxylic acids is 1. The normalized spacial score (nSPS) is 15.0. The van der Waals surface area contributed by atoms with Gasteiger partial charge in [-0.2, -0.15) is 0 Å². The van der Waals surface area contributed by atoms with E-state index in [0.29, 0.717) is 13.0 Å². The maximum Gasteiger partial charge on any atom is 0.153 e. The summed E-state index contributed by atoms with van der Waals surface area (Å²) < 4.78 is 0. The number of pyridine rings is 2. The summed E-state index contributed by atoms with van der Waals surface area (Å²) in [6, 6.07) is 9.91. The molecule has 0 aromatic carbocycles. The Morgan fingerprint density at radius 2 is 2.14 bits per heavy atom. The maximum absolute atomic E-state index is 11.4. The van der Waals surface area contributed by atoms with Gasteiger partial charge in [-0.05, 0) is 24.3 Å². The van der Waals surface area contributed by atoms with Crippen molar-refractivity contribution in [2.45, 2.75) is 6.42 Å². The first-order valence-electron chi connectivity index (χ1n) is 6.97. The lowest BCUT2D eigenvalue weighted by atomic mass is 10.1. The van der Waals surface area contributed by atoms with Crippen molar-refractivity contribution in [3.05, 3.63) is 42.7 Å². The first-order chi connectivity index (χ1) is 10.3. The van der Waals surface area contributed by atoms with Gasteiger partial charge in [-0.3, -0.25) is 4.79 Å². The lowest BCUT2D eigenvalue weighted by Crippen LogP contribution is -2.20. The number of aromatic amines is 1. The Hall–Kier alpha value is -2.69. The number of fused-ring (bicyclic) bond motifs is 1. The first kappa shape index (κ1) is 12.1. The molecule has 0 amide bonds. The van der Waals surface area contributed by atoms with E-state index in [1.807, 2.05) is 41.4 Å². The number of H-pyrrole nitrogens is 1. The molecule has 1 N–H and O–H groups in total. The molecule has 21 heavy (non-hydrogen) atoms. The highest BCUT2D eigenvalue weighted by Crippen LogP contribution is 2.27. The van der Waals surface area contributed by atoms with Crippen LogP contribution in [-0.4, -0.2) is 33.8 Å². The molecular weight excluding hydrogens is 264 g/mol. The van der Waals surface area contributed by atoms with Crippen molar-refractivity contribution in [3.8, 4) is 11.3 Å². The van der Waals surface area contributed by atoms with Gasteiger partial charge in [0.05, 0.1) is 12.2 Å². The second-order valence-electron chi connectivity index (χ2n) is 5.19. The summed E-state index contributed by atoms with van der Waals surface area (Å²) in [6.45, 7) is 1.22. The van der Waals surface area contributed by atoms with Gasteiger partial charge in [0.25, 0.3) is 0 Å². The van der Waals surface area contributed by atoms with Crippen LogP contribution < -0.4 is 4.90 Å². The van der Waals surface area contributed by atoms with Crippen molar-refractivity contribution in [1.82, 2.24) is 15.0 Å². The average molecular weight is 278 g/mol. The van der Waals surface area contributed by atoms with Crippen molar-refractivity contribution in [1.29, 1.82) is 0 Å². The lowest BCUT2D eigenvalue weighted by molar-refractivity contribution is -0.116. The van der Waals surface area contributed by atoms with Gasteiger partial charge < -0.3 is 9.88 Å². The van der Waals surface area contributed by atoms with Gasteiger partial charge in [0.2, 0.25) is 0 Å². The monoisotopic (exact) mass is 278 g/mol. The predicted molar refractivity (Wildman–Crippen MR) is 81.2 cm³/mol. The number of rotatable bonds is 2. The largest absolute Gasteiger partial charge is 0.349 e. The molecule has 3 aromatic rings. The van der Waals surface area contributed by atoms with Gasteiger partial charge in [0.15, 0.2) is 5.78 Å². The van der Waals surface area contributed by atoms with Crippen LogP contribution in [0.2, 0.25) is 0 Å². The number of aromatic nitrogens is 3. The number of nitrogens with zero attached hydrogens (tertiary/aromatic N) is 3. The Bertz CT molecular complexity index is 824. The fraction of sp³-hybridized carbons (Fsp3) is 0.188. The predicted octanol–water partition coefficient (Wildman–Crippen LogP) is 2.40. The van der Waals surface area contributed by atoms with Crippen LogP contribution in [0.4, 0.5) is 5.82 Å². The molecule has 0 aliphatic carbocycles. The first-order valence-corrected chi connectivity index (χ1v) is 6.97. The van der Waals surface area contributed by atoms with E-state index in [9.17, 15) is 4.79 Å². The van der Waals surface area contributed by atoms with Crippen molar-refractivity contribution < 1.29 is 4.79 Å². The molecule has 1 fully saturated rings. The zero-order valence-electron chi connectivity index (χ0n) is 11.4. The minimum Gasteiger partial charge on any atom is -0.349 e. The second-order valence-corrected chi connectivity index (χ2v) is 5.19. The molecule has 1 saturated heterocycles. The summed E-state index contributed by atoms with van der Waals surface area (Å²) in [5.74, 6) is 1.14. The minimum atomic E-state index is 0.277. The van der Waals surface area contributed by atoms with Crippen LogP contribution in [0, 0.1) is 0 Å². The molecule has 5 nitrogen and oxygen atoms in total. The molecule has 0 bridgehead atoms. The second kappa shape index (κ2) is 4.70. The minimum absolute atomic E-state index is 0.277. The number of carbonyl (C=O) groups is 1. The number of hydrogen-bond acceptors (Lipinski definition) is 4. The molecule has 4 rings (SSSR count). The third kappa shape index (κ3) is 2.07. The van der Waals surface area contributed by atoms with E-state index in [-0.39, 0.29) is 5.78 Å². The molecule has 5 heteroatoms. The van der Waals surface area contributed by atoms with E-state index in [2.05, 4.69) is 9.97 Å². The molecule has 1 aliphatic heterocycles. The summed E-state index contributed by atoms with van der Waals surface area (Å²) in [5, 5.41) is 1.06. The topological polar surface area (TPSA) is 61.9 Å². The average Bonchev–Trinajstić information content (AvgIpc) is 3.15. The van der Waals surface area contributed by atoms with Crippen molar-refractivity contribution >= 4 is 22.6 Å². The van der Waals surface area contributed by atoms with Crippen LogP contribution in [0.5, 0.6) is 0 Å². The molecular formula is C16H14N4O. The van der Waals surface area contributed by atoms with Crippen LogP contribution in [-0.2, 0) is 4.79 Å². The van der Waals surface area contributed by atoms with E-state index in [1.54, 1.807) is 6.20 Å². The van der Waals surface area contributed by atoms with E-state index in [0.717, 1.165) is 34.7 Å². The number of hydrogen-bond donors (Lipinski definition) is 1. The molecule has 1 aliphatic rings. The summed E-state index contributed by atoms with van der Waals surface area (Å²) >= 11 is 0. The Labute approximate surface area is 121 Å². The third-order valence-electron chi connectivity index (χ3n) is 3.82. The van der Waals surface area contributed by atoms with E-state index < -0.39 is 0 Å². The summed E-state index contributed by atoms with van der Waals surface area (Å²) in [5.41, 5.74) is 2.81. The lowest BCUT2D eigenvalue weighted by Gasteiger charge is -2.16. The van der Waals surface area contributed by atoms with Gasteiger partial charge in [0.1, 0.15) is 11.5 Å². The Morgan fingerprint density at radius 1 is 1.19 bits per heavy atom. The van der Waals surface area contributed by atoms with Crippen molar-refractivity contribution in [2.24, 2.45) is 0 Å². The summed E-state index contributed by atoms with van der Waals surface area (Å²) in [4.78, 5) is 25.6. The van der Waals surface area contributed by atoms with Gasteiger partial charge in [0, 0.05) is 36.3 Å². The van der Waals surface area contributed by atoms with Crippen molar-refractivity contribution in [2.75, 3.05) is 18.0 Å². The van der Waals surface area contributed by atoms with Gasteiger partial charge in [-0.15, -0.1) is 0 Å².